The highest BCUT2D eigenvalue weighted by Crippen LogP contribution is 2.28. The molecule has 2 N–H and O–H groups in total. The van der Waals surface area contributed by atoms with Crippen LogP contribution in [0.3, 0.4) is 0 Å². The minimum absolute atomic E-state index is 0. The Kier molecular flexibility index (Phi) is 9.21. The van der Waals surface area contributed by atoms with Gasteiger partial charge in [-0.1, -0.05) is 47.5 Å². The van der Waals surface area contributed by atoms with Gasteiger partial charge in [-0.15, -0.1) is 12.4 Å². The molecule has 0 aliphatic carbocycles. The first-order valence-corrected chi connectivity index (χ1v) is 9.95. The number of aliphatic hydroxyl groups excluding tert-OH is 1. The Morgan fingerprint density at radius 2 is 1.59 bits per heavy atom. The average molecular weight is 461 g/mol. The molecule has 0 saturated carbocycles. The standard InChI is InChI=1S/C21H23Cl2NO4.ClH/c22-16-5-1-14(2-6-16)20(15-3-7-17(23)8-4-15)28-12-11-24-10-9-19(25)18(13-24)21(26)27;/h1-8,18-20,25H,9-13H2,(H,26,27);1H/t18-,19-;/m0./s1. The molecular formula is C21H24Cl3NO4. The molecule has 1 saturated heterocycles. The number of rotatable bonds is 7. The van der Waals surface area contributed by atoms with Gasteiger partial charge in [-0.3, -0.25) is 9.69 Å². The molecule has 8 heteroatoms. The van der Waals surface area contributed by atoms with Crippen molar-refractivity contribution >= 4 is 41.6 Å². The first-order valence-electron chi connectivity index (χ1n) is 9.20. The van der Waals surface area contributed by atoms with Crippen LogP contribution in [-0.2, 0) is 9.53 Å². The lowest BCUT2D eigenvalue weighted by Gasteiger charge is -2.34. The number of nitrogens with zero attached hydrogens (tertiary/aromatic N) is 1. The Balaban J connectivity index is 0.00000300. The van der Waals surface area contributed by atoms with Gasteiger partial charge < -0.3 is 14.9 Å². The van der Waals surface area contributed by atoms with Gasteiger partial charge in [-0.05, 0) is 41.8 Å². The smallest absolute Gasteiger partial charge is 0.310 e. The van der Waals surface area contributed by atoms with E-state index < -0.39 is 18.0 Å². The van der Waals surface area contributed by atoms with Crippen LogP contribution in [-0.4, -0.2) is 53.4 Å². The first kappa shape index (κ1) is 23.9. The zero-order valence-electron chi connectivity index (χ0n) is 15.7. The van der Waals surface area contributed by atoms with Crippen LogP contribution in [0, 0.1) is 5.92 Å². The third kappa shape index (κ3) is 6.57. The van der Waals surface area contributed by atoms with E-state index in [0.717, 1.165) is 11.1 Å². The summed E-state index contributed by atoms with van der Waals surface area (Å²) in [4.78, 5) is 13.3. The first-order chi connectivity index (χ1) is 13.4. The molecule has 1 fully saturated rings. The largest absolute Gasteiger partial charge is 0.481 e. The van der Waals surface area contributed by atoms with Crippen molar-refractivity contribution in [3.05, 3.63) is 69.7 Å². The zero-order valence-corrected chi connectivity index (χ0v) is 18.0. The van der Waals surface area contributed by atoms with E-state index in [2.05, 4.69) is 0 Å². The minimum Gasteiger partial charge on any atom is -0.481 e. The van der Waals surface area contributed by atoms with Crippen LogP contribution in [0.5, 0.6) is 0 Å². The highest BCUT2D eigenvalue weighted by atomic mass is 35.5. The second-order valence-corrected chi connectivity index (χ2v) is 7.83. The van der Waals surface area contributed by atoms with Crippen LogP contribution >= 0.6 is 35.6 Å². The Labute approximate surface area is 186 Å². The summed E-state index contributed by atoms with van der Waals surface area (Å²) >= 11 is 12.0. The van der Waals surface area contributed by atoms with E-state index in [-0.39, 0.29) is 18.5 Å². The third-order valence-corrected chi connectivity index (χ3v) is 5.52. The number of aliphatic hydroxyl groups is 1. The zero-order chi connectivity index (χ0) is 20.1. The Morgan fingerprint density at radius 1 is 1.07 bits per heavy atom. The van der Waals surface area contributed by atoms with Crippen molar-refractivity contribution in [2.45, 2.75) is 18.6 Å². The second kappa shape index (κ2) is 11.2. The number of carboxylic acid groups (broad SMARTS) is 1. The highest BCUT2D eigenvalue weighted by Gasteiger charge is 2.32. The molecule has 3 rings (SSSR count). The van der Waals surface area contributed by atoms with Gasteiger partial charge in [0.2, 0.25) is 0 Å². The summed E-state index contributed by atoms with van der Waals surface area (Å²) in [6.07, 6.45) is -0.611. The fourth-order valence-corrected chi connectivity index (χ4v) is 3.66. The minimum atomic E-state index is -0.960. The van der Waals surface area contributed by atoms with Crippen molar-refractivity contribution in [2.24, 2.45) is 5.92 Å². The van der Waals surface area contributed by atoms with Gasteiger partial charge in [0.25, 0.3) is 0 Å². The van der Waals surface area contributed by atoms with E-state index >= 15 is 0 Å². The number of aliphatic carboxylic acids is 1. The summed E-state index contributed by atoms with van der Waals surface area (Å²) < 4.78 is 6.18. The summed E-state index contributed by atoms with van der Waals surface area (Å²) in [7, 11) is 0. The molecule has 0 bridgehead atoms. The number of halogens is 3. The monoisotopic (exact) mass is 459 g/mol. The van der Waals surface area contributed by atoms with E-state index in [0.29, 0.717) is 42.7 Å². The molecule has 0 spiro atoms. The highest BCUT2D eigenvalue weighted by molar-refractivity contribution is 6.30. The Hall–Kier alpha value is -1.34. The number of piperidine rings is 1. The van der Waals surface area contributed by atoms with Gasteiger partial charge in [0.15, 0.2) is 0 Å². The van der Waals surface area contributed by atoms with Crippen LogP contribution in [0.15, 0.2) is 48.5 Å². The van der Waals surface area contributed by atoms with Crippen molar-refractivity contribution in [3.8, 4) is 0 Å². The molecule has 5 nitrogen and oxygen atoms in total. The van der Waals surface area contributed by atoms with E-state index in [9.17, 15) is 15.0 Å². The molecule has 29 heavy (non-hydrogen) atoms. The van der Waals surface area contributed by atoms with Gasteiger partial charge in [0.05, 0.1) is 18.6 Å². The average Bonchev–Trinajstić information content (AvgIpc) is 2.68. The molecule has 2 aromatic carbocycles. The molecular weight excluding hydrogens is 437 g/mol. The van der Waals surface area contributed by atoms with E-state index in [1.54, 1.807) is 0 Å². The second-order valence-electron chi connectivity index (χ2n) is 6.96. The summed E-state index contributed by atoms with van der Waals surface area (Å²) in [5, 5.41) is 20.4. The SMILES string of the molecule is Cl.O=C(O)[C@H]1CN(CCOC(c2ccc(Cl)cc2)c2ccc(Cl)cc2)CC[C@@H]1O. The summed E-state index contributed by atoms with van der Waals surface area (Å²) in [5.74, 6) is -1.71. The van der Waals surface area contributed by atoms with E-state index in [4.69, 9.17) is 27.9 Å². The summed E-state index contributed by atoms with van der Waals surface area (Å²) in [6, 6.07) is 15.0. The topological polar surface area (TPSA) is 70.0 Å². The van der Waals surface area contributed by atoms with Gasteiger partial charge >= 0.3 is 5.97 Å². The molecule has 2 aromatic rings. The predicted octanol–water partition coefficient (Wildman–Crippen LogP) is 4.29. The molecule has 158 valence electrons. The van der Waals surface area contributed by atoms with Crippen molar-refractivity contribution in [2.75, 3.05) is 26.2 Å². The van der Waals surface area contributed by atoms with Crippen molar-refractivity contribution in [1.82, 2.24) is 4.90 Å². The number of likely N-dealkylation sites (tertiary alicyclic amines) is 1. The van der Waals surface area contributed by atoms with Crippen LogP contribution in [0.4, 0.5) is 0 Å². The summed E-state index contributed by atoms with van der Waals surface area (Å²) in [6.45, 7) is 2.00. The van der Waals surface area contributed by atoms with Crippen LogP contribution in [0.2, 0.25) is 10.0 Å². The molecule has 2 atom stereocenters. The lowest BCUT2D eigenvalue weighted by atomic mass is 9.95. The van der Waals surface area contributed by atoms with Crippen LogP contribution in [0.1, 0.15) is 23.7 Å². The maximum absolute atomic E-state index is 11.3. The van der Waals surface area contributed by atoms with Crippen LogP contribution < -0.4 is 0 Å². The van der Waals surface area contributed by atoms with Crippen molar-refractivity contribution in [3.63, 3.8) is 0 Å². The maximum Gasteiger partial charge on any atom is 0.310 e. The number of hydrogen-bond donors (Lipinski definition) is 2. The predicted molar refractivity (Wildman–Crippen MR) is 116 cm³/mol. The molecule has 1 aliphatic heterocycles. The van der Waals surface area contributed by atoms with Crippen LogP contribution in [0.25, 0.3) is 0 Å². The Bertz CT molecular complexity index is 740. The normalized spacial score (nSPS) is 19.7. The van der Waals surface area contributed by atoms with Crippen molar-refractivity contribution in [1.29, 1.82) is 0 Å². The molecule has 1 aliphatic rings. The van der Waals surface area contributed by atoms with Crippen molar-refractivity contribution < 1.29 is 19.7 Å². The molecule has 0 aromatic heterocycles. The lowest BCUT2D eigenvalue weighted by Crippen LogP contribution is -2.47. The molecule has 0 unspecified atom stereocenters. The van der Waals surface area contributed by atoms with Gasteiger partial charge in [0, 0.05) is 29.7 Å². The molecule has 1 heterocycles. The van der Waals surface area contributed by atoms with E-state index in [1.165, 1.54) is 0 Å². The number of hydrogen-bond acceptors (Lipinski definition) is 4. The Morgan fingerprint density at radius 3 is 2.07 bits per heavy atom. The third-order valence-electron chi connectivity index (χ3n) is 5.02. The van der Waals surface area contributed by atoms with Gasteiger partial charge in [0.1, 0.15) is 6.10 Å². The number of carboxylic acids is 1. The number of ether oxygens (including phenoxy) is 1. The molecule has 0 radical (unpaired) electrons. The number of carbonyl (C=O) groups is 1. The summed E-state index contributed by atoms with van der Waals surface area (Å²) in [5.41, 5.74) is 1.95. The quantitative estimate of drug-likeness (QED) is 0.645. The van der Waals surface area contributed by atoms with Gasteiger partial charge in [-0.25, -0.2) is 0 Å². The fourth-order valence-electron chi connectivity index (χ4n) is 3.41. The van der Waals surface area contributed by atoms with Gasteiger partial charge in [-0.2, -0.15) is 0 Å². The lowest BCUT2D eigenvalue weighted by molar-refractivity contribution is -0.149. The molecule has 0 amide bonds. The number of benzene rings is 2. The maximum atomic E-state index is 11.3. The fraction of sp³-hybridized carbons (Fsp3) is 0.381. The van der Waals surface area contributed by atoms with E-state index in [1.807, 2.05) is 53.4 Å².